The van der Waals surface area contributed by atoms with Crippen LogP contribution in [0.1, 0.15) is 10.5 Å². The van der Waals surface area contributed by atoms with E-state index in [9.17, 15) is 18.0 Å². The van der Waals surface area contributed by atoms with Gasteiger partial charge in [-0.25, -0.2) is 13.4 Å². The molecule has 0 saturated heterocycles. The van der Waals surface area contributed by atoms with Crippen molar-refractivity contribution in [1.29, 1.82) is 0 Å². The number of thiazole rings is 1. The first-order chi connectivity index (χ1) is 15.8. The van der Waals surface area contributed by atoms with Gasteiger partial charge in [0.2, 0.25) is 5.91 Å². The third kappa shape index (κ3) is 5.48. The third-order valence-corrected chi connectivity index (χ3v) is 6.11. The Labute approximate surface area is 193 Å². The summed E-state index contributed by atoms with van der Waals surface area (Å²) in [7, 11) is -3.59. The molecule has 0 radical (unpaired) electrons. The van der Waals surface area contributed by atoms with Crippen molar-refractivity contribution in [3.63, 3.8) is 0 Å². The zero-order valence-corrected chi connectivity index (χ0v) is 18.9. The number of carbonyl (C=O) groups excluding carboxylic acids is 2. The lowest BCUT2D eigenvalue weighted by Gasteiger charge is -2.04. The summed E-state index contributed by atoms with van der Waals surface area (Å²) in [5.74, 6) is -1.14. The number of aromatic nitrogens is 4. The summed E-state index contributed by atoms with van der Waals surface area (Å²) in [6, 6.07) is 13.0. The number of hydrogen-bond acceptors (Lipinski definition) is 8. The predicted molar refractivity (Wildman–Crippen MR) is 124 cm³/mol. The molecule has 4 aromatic rings. The molecule has 12 heteroatoms. The number of nitrogens with one attached hydrogen (secondary N) is 2. The van der Waals surface area contributed by atoms with Crippen LogP contribution in [0.2, 0.25) is 0 Å². The summed E-state index contributed by atoms with van der Waals surface area (Å²) in [4.78, 5) is 32.8. The molecule has 2 N–H and O–H groups in total. The molecule has 33 heavy (non-hydrogen) atoms. The van der Waals surface area contributed by atoms with Crippen LogP contribution in [0.3, 0.4) is 0 Å². The number of pyridine rings is 1. The molecule has 1 aromatic carbocycles. The zero-order valence-electron chi connectivity index (χ0n) is 17.3. The summed E-state index contributed by atoms with van der Waals surface area (Å²) in [6.45, 7) is -0.322. The van der Waals surface area contributed by atoms with Crippen molar-refractivity contribution in [3.05, 3.63) is 72.1 Å². The lowest BCUT2D eigenvalue weighted by Crippen LogP contribution is -2.33. The highest BCUT2D eigenvalue weighted by atomic mass is 32.2. The molecule has 0 unspecified atom stereocenters. The van der Waals surface area contributed by atoms with Crippen molar-refractivity contribution < 1.29 is 18.0 Å². The number of hydrogen-bond donors (Lipinski definition) is 2. The Kier molecular flexibility index (Phi) is 6.29. The van der Waals surface area contributed by atoms with Crippen molar-refractivity contribution >= 4 is 38.3 Å². The van der Waals surface area contributed by atoms with Crippen molar-refractivity contribution in [1.82, 2.24) is 24.5 Å². The summed E-state index contributed by atoms with van der Waals surface area (Å²) < 4.78 is 23.5. The fraction of sp³-hybridized carbons (Fsp3) is 0.0952. The van der Waals surface area contributed by atoms with Gasteiger partial charge in [-0.3, -0.25) is 14.6 Å². The Bertz CT molecular complexity index is 1410. The van der Waals surface area contributed by atoms with Gasteiger partial charge in [0, 0.05) is 29.5 Å². The van der Waals surface area contributed by atoms with E-state index >= 15 is 0 Å². The highest BCUT2D eigenvalue weighted by molar-refractivity contribution is 7.89. The van der Waals surface area contributed by atoms with Gasteiger partial charge in [-0.2, -0.15) is 9.19 Å². The largest absolute Gasteiger partial charge is 0.342 e. The maximum absolute atomic E-state index is 12.2. The van der Waals surface area contributed by atoms with Gasteiger partial charge in [0.1, 0.15) is 0 Å². The topological polar surface area (TPSA) is 136 Å². The normalized spacial score (nSPS) is 11.2. The Morgan fingerprint density at radius 1 is 1.06 bits per heavy atom. The SMILES string of the molecule is CS(=O)(=O)n1ccc(C(=O)NCC(=O)Nc2nc(-c3cccc(-c4ccncc4)c3)cs2)n1. The van der Waals surface area contributed by atoms with Gasteiger partial charge in [0.25, 0.3) is 15.9 Å². The molecular weight excluding hydrogens is 464 g/mol. The van der Waals surface area contributed by atoms with E-state index in [0.29, 0.717) is 14.9 Å². The van der Waals surface area contributed by atoms with Crippen LogP contribution in [-0.2, 0) is 14.8 Å². The maximum atomic E-state index is 12.2. The molecule has 3 aromatic heterocycles. The fourth-order valence-electron chi connectivity index (χ4n) is 2.89. The number of nitrogens with zero attached hydrogens (tertiary/aromatic N) is 4. The van der Waals surface area contributed by atoms with Gasteiger partial charge in [-0.05, 0) is 35.4 Å². The van der Waals surface area contributed by atoms with Crippen LogP contribution < -0.4 is 10.6 Å². The van der Waals surface area contributed by atoms with Crippen molar-refractivity contribution in [2.75, 3.05) is 18.1 Å². The Morgan fingerprint density at radius 3 is 2.55 bits per heavy atom. The lowest BCUT2D eigenvalue weighted by molar-refractivity contribution is -0.115. The molecule has 3 heterocycles. The van der Waals surface area contributed by atoms with Gasteiger partial charge >= 0.3 is 0 Å². The minimum atomic E-state index is -3.59. The van der Waals surface area contributed by atoms with E-state index in [4.69, 9.17) is 0 Å². The van der Waals surface area contributed by atoms with Crippen LogP contribution in [0.25, 0.3) is 22.4 Å². The lowest BCUT2D eigenvalue weighted by atomic mass is 10.0. The summed E-state index contributed by atoms with van der Waals surface area (Å²) in [5.41, 5.74) is 3.55. The first kappa shape index (κ1) is 22.3. The molecule has 0 aliphatic heterocycles. The minimum absolute atomic E-state index is 0.112. The van der Waals surface area contributed by atoms with Gasteiger partial charge in [-0.15, -0.1) is 11.3 Å². The third-order valence-electron chi connectivity index (χ3n) is 4.47. The molecule has 0 aliphatic rings. The van der Waals surface area contributed by atoms with Gasteiger partial charge in [-0.1, -0.05) is 18.2 Å². The molecule has 0 spiro atoms. The molecule has 0 bridgehead atoms. The molecule has 0 fully saturated rings. The maximum Gasteiger partial charge on any atom is 0.272 e. The number of amides is 2. The number of rotatable bonds is 7. The zero-order chi connectivity index (χ0) is 23.4. The Morgan fingerprint density at radius 2 is 1.82 bits per heavy atom. The number of anilines is 1. The summed E-state index contributed by atoms with van der Waals surface area (Å²) >= 11 is 1.26. The first-order valence-corrected chi connectivity index (χ1v) is 12.3. The first-order valence-electron chi connectivity index (χ1n) is 9.60. The Hall–Kier alpha value is -3.90. The molecule has 10 nitrogen and oxygen atoms in total. The van der Waals surface area contributed by atoms with E-state index < -0.39 is 21.8 Å². The van der Waals surface area contributed by atoms with Crippen molar-refractivity contribution in [3.8, 4) is 22.4 Å². The van der Waals surface area contributed by atoms with E-state index in [1.54, 1.807) is 12.4 Å². The molecule has 0 aliphatic carbocycles. The van der Waals surface area contributed by atoms with E-state index in [2.05, 4.69) is 25.7 Å². The Balaban J connectivity index is 1.36. The van der Waals surface area contributed by atoms with Gasteiger partial charge < -0.3 is 10.6 Å². The van der Waals surface area contributed by atoms with E-state index in [1.807, 2.05) is 41.8 Å². The molecule has 4 rings (SSSR count). The monoisotopic (exact) mass is 482 g/mol. The second-order valence-corrected chi connectivity index (χ2v) is 9.62. The van der Waals surface area contributed by atoms with Crippen LogP contribution in [0.5, 0.6) is 0 Å². The highest BCUT2D eigenvalue weighted by Gasteiger charge is 2.15. The van der Waals surface area contributed by atoms with Crippen LogP contribution in [0.15, 0.2) is 66.4 Å². The number of carbonyl (C=O) groups is 2. The van der Waals surface area contributed by atoms with Crippen LogP contribution in [-0.4, -0.2) is 52.2 Å². The van der Waals surface area contributed by atoms with E-state index in [-0.39, 0.29) is 12.2 Å². The molecule has 0 atom stereocenters. The van der Waals surface area contributed by atoms with Crippen LogP contribution >= 0.6 is 11.3 Å². The second-order valence-electron chi connectivity index (χ2n) is 6.92. The van der Waals surface area contributed by atoms with E-state index in [0.717, 1.165) is 29.1 Å². The van der Waals surface area contributed by atoms with Gasteiger partial charge in [0.15, 0.2) is 10.8 Å². The molecular formula is C21H18N6O4S2. The predicted octanol–water partition coefficient (Wildman–Crippen LogP) is 2.24. The van der Waals surface area contributed by atoms with Crippen LogP contribution in [0.4, 0.5) is 5.13 Å². The average Bonchev–Trinajstić information content (AvgIpc) is 3.48. The minimum Gasteiger partial charge on any atom is -0.342 e. The molecule has 168 valence electrons. The van der Waals surface area contributed by atoms with E-state index in [1.165, 1.54) is 17.4 Å². The average molecular weight is 483 g/mol. The fourth-order valence-corrected chi connectivity index (χ4v) is 4.15. The van der Waals surface area contributed by atoms with Crippen molar-refractivity contribution in [2.45, 2.75) is 0 Å². The van der Waals surface area contributed by atoms with Crippen LogP contribution in [0, 0.1) is 0 Å². The van der Waals surface area contributed by atoms with Gasteiger partial charge in [0.05, 0.1) is 18.5 Å². The highest BCUT2D eigenvalue weighted by Crippen LogP contribution is 2.28. The quantitative estimate of drug-likeness (QED) is 0.412. The smallest absolute Gasteiger partial charge is 0.272 e. The molecule has 0 saturated carbocycles. The summed E-state index contributed by atoms with van der Waals surface area (Å²) in [5, 5.41) is 10.9. The summed E-state index contributed by atoms with van der Waals surface area (Å²) in [6.07, 6.45) is 5.58. The number of benzene rings is 1. The molecule has 2 amide bonds. The second kappa shape index (κ2) is 9.30. The van der Waals surface area contributed by atoms with Crippen molar-refractivity contribution in [2.24, 2.45) is 0 Å². The standard InChI is InChI=1S/C21H18N6O4S2/c1-33(30,31)27-10-7-17(26-27)20(29)23-12-19(28)25-21-24-18(13-32-21)16-4-2-3-15(11-16)14-5-8-22-9-6-14/h2-11,13H,12H2,1H3,(H,23,29)(H,24,25,28).